The van der Waals surface area contributed by atoms with Gasteiger partial charge in [-0.1, -0.05) is 65.7 Å². The minimum absolute atomic E-state index is 0.0271. The van der Waals surface area contributed by atoms with Crippen LogP contribution >= 0.6 is 22.9 Å². The summed E-state index contributed by atoms with van der Waals surface area (Å²) in [6.07, 6.45) is 0.0271. The molecule has 0 aliphatic heterocycles. The Balaban J connectivity index is 1.60. The first-order valence-electron chi connectivity index (χ1n) is 8.81. The van der Waals surface area contributed by atoms with Gasteiger partial charge in [0.25, 0.3) is 5.91 Å². The van der Waals surface area contributed by atoms with Crippen LogP contribution in [0.15, 0.2) is 66.0 Å². The maximum Gasteiger partial charge on any atom is 0.310 e. The molecular weight excluding hydrogens is 394 g/mol. The fraction of sp³-hybridized carbons (Fsp3) is 0.182. The zero-order valence-corrected chi connectivity index (χ0v) is 16.9. The highest BCUT2D eigenvalue weighted by Gasteiger charge is 2.19. The fourth-order valence-corrected chi connectivity index (χ4v) is 3.74. The third-order valence-electron chi connectivity index (χ3n) is 4.20. The van der Waals surface area contributed by atoms with Crippen molar-refractivity contribution in [2.24, 2.45) is 0 Å². The van der Waals surface area contributed by atoms with Gasteiger partial charge in [-0.15, -0.1) is 11.3 Å². The first-order chi connectivity index (χ1) is 13.5. The zero-order valence-electron chi connectivity index (χ0n) is 15.4. The number of halogens is 1. The Labute approximate surface area is 173 Å². The van der Waals surface area contributed by atoms with E-state index < -0.39 is 5.97 Å². The second-order valence-corrected chi connectivity index (χ2v) is 7.74. The topological polar surface area (TPSA) is 55.4 Å². The van der Waals surface area contributed by atoms with E-state index in [1.807, 2.05) is 48.7 Å². The number of hydrogen-bond donors (Lipinski definition) is 1. The van der Waals surface area contributed by atoms with Crippen molar-refractivity contribution in [2.45, 2.75) is 19.4 Å². The van der Waals surface area contributed by atoms with Crippen molar-refractivity contribution >= 4 is 34.8 Å². The van der Waals surface area contributed by atoms with Crippen LogP contribution in [-0.2, 0) is 20.7 Å². The van der Waals surface area contributed by atoms with Crippen LogP contribution in [0.5, 0.6) is 0 Å². The van der Waals surface area contributed by atoms with Gasteiger partial charge in [0.05, 0.1) is 12.5 Å². The second kappa shape index (κ2) is 9.53. The van der Waals surface area contributed by atoms with Crippen molar-refractivity contribution in [1.29, 1.82) is 0 Å². The van der Waals surface area contributed by atoms with Crippen LogP contribution in [-0.4, -0.2) is 18.5 Å². The van der Waals surface area contributed by atoms with E-state index in [9.17, 15) is 9.59 Å². The average molecular weight is 414 g/mol. The number of rotatable bonds is 7. The molecule has 3 rings (SSSR count). The summed E-state index contributed by atoms with van der Waals surface area (Å²) in [5.74, 6) is -0.849. The van der Waals surface area contributed by atoms with Gasteiger partial charge >= 0.3 is 5.97 Å². The summed E-state index contributed by atoms with van der Waals surface area (Å²) in [7, 11) is 0. The molecule has 2 aromatic carbocycles. The normalized spacial score (nSPS) is 11.6. The van der Waals surface area contributed by atoms with Crippen molar-refractivity contribution in [1.82, 2.24) is 5.32 Å². The maximum atomic E-state index is 12.4. The van der Waals surface area contributed by atoms with Gasteiger partial charge in [-0.3, -0.25) is 9.59 Å². The molecular formula is C22H20ClNO3S. The summed E-state index contributed by atoms with van der Waals surface area (Å²) in [4.78, 5) is 25.4. The van der Waals surface area contributed by atoms with Crippen LogP contribution in [0.3, 0.4) is 0 Å². The molecule has 6 heteroatoms. The Morgan fingerprint density at radius 1 is 1.07 bits per heavy atom. The van der Waals surface area contributed by atoms with Gasteiger partial charge in [0.15, 0.2) is 6.61 Å². The molecule has 0 aliphatic rings. The summed E-state index contributed by atoms with van der Waals surface area (Å²) in [5, 5.41) is 5.42. The fourth-order valence-electron chi connectivity index (χ4n) is 2.73. The number of esters is 1. The highest BCUT2D eigenvalue weighted by Crippen LogP contribution is 2.26. The standard InChI is InChI=1S/C22H20ClNO3S/c1-15-8-10-16(11-9-15)22(19-7-4-12-28-19)24-20(25)14-27-21(26)13-17-5-2-3-6-18(17)23/h2-12,22H,13-14H2,1H3,(H,24,25). The average Bonchev–Trinajstić information content (AvgIpc) is 3.22. The maximum absolute atomic E-state index is 12.4. The number of thiophene rings is 1. The highest BCUT2D eigenvalue weighted by atomic mass is 35.5. The molecule has 144 valence electrons. The number of carbonyl (C=O) groups is 2. The lowest BCUT2D eigenvalue weighted by molar-refractivity contribution is -0.148. The summed E-state index contributed by atoms with van der Waals surface area (Å²) in [5.41, 5.74) is 2.79. The lowest BCUT2D eigenvalue weighted by atomic mass is 10.0. The predicted octanol–water partition coefficient (Wildman–Crippen LogP) is 4.70. The molecule has 0 aliphatic carbocycles. The lowest BCUT2D eigenvalue weighted by Crippen LogP contribution is -2.33. The molecule has 28 heavy (non-hydrogen) atoms. The SMILES string of the molecule is Cc1ccc(C(NC(=O)COC(=O)Cc2ccccc2Cl)c2cccs2)cc1. The largest absolute Gasteiger partial charge is 0.455 e. The molecule has 1 aromatic heterocycles. The van der Waals surface area contributed by atoms with Gasteiger partial charge in [-0.05, 0) is 35.6 Å². The molecule has 1 atom stereocenters. The number of carbonyl (C=O) groups excluding carboxylic acids is 2. The Kier molecular flexibility index (Phi) is 6.85. The molecule has 1 amide bonds. The Morgan fingerprint density at radius 2 is 1.82 bits per heavy atom. The van der Waals surface area contributed by atoms with E-state index in [0.717, 1.165) is 16.0 Å². The third kappa shape index (κ3) is 5.44. The van der Waals surface area contributed by atoms with Crippen LogP contribution in [0, 0.1) is 6.92 Å². The van der Waals surface area contributed by atoms with Crippen LogP contribution < -0.4 is 5.32 Å². The number of amides is 1. The second-order valence-electron chi connectivity index (χ2n) is 6.36. The third-order valence-corrected chi connectivity index (χ3v) is 5.51. The highest BCUT2D eigenvalue weighted by molar-refractivity contribution is 7.10. The van der Waals surface area contributed by atoms with Crippen molar-refractivity contribution < 1.29 is 14.3 Å². The van der Waals surface area contributed by atoms with E-state index >= 15 is 0 Å². The van der Waals surface area contributed by atoms with E-state index in [2.05, 4.69) is 5.32 Å². The Bertz CT molecular complexity index is 939. The Morgan fingerprint density at radius 3 is 2.50 bits per heavy atom. The molecule has 1 unspecified atom stereocenters. The van der Waals surface area contributed by atoms with Gasteiger partial charge in [-0.2, -0.15) is 0 Å². The first-order valence-corrected chi connectivity index (χ1v) is 10.1. The molecule has 0 saturated carbocycles. The molecule has 4 nitrogen and oxygen atoms in total. The van der Waals surface area contributed by atoms with Crippen molar-refractivity contribution in [3.63, 3.8) is 0 Å². The van der Waals surface area contributed by atoms with Crippen LogP contribution in [0.4, 0.5) is 0 Å². The lowest BCUT2D eigenvalue weighted by Gasteiger charge is -2.18. The molecule has 0 saturated heterocycles. The van der Waals surface area contributed by atoms with Crippen LogP contribution in [0.2, 0.25) is 5.02 Å². The van der Waals surface area contributed by atoms with Gasteiger partial charge in [0.2, 0.25) is 0 Å². The number of ether oxygens (including phenoxy) is 1. The quantitative estimate of drug-likeness (QED) is 0.571. The smallest absolute Gasteiger partial charge is 0.310 e. The van der Waals surface area contributed by atoms with Gasteiger partial charge in [0, 0.05) is 9.90 Å². The van der Waals surface area contributed by atoms with Crippen LogP contribution in [0.1, 0.15) is 27.6 Å². The van der Waals surface area contributed by atoms with Gasteiger partial charge < -0.3 is 10.1 Å². The summed E-state index contributed by atoms with van der Waals surface area (Å²) in [6, 6.07) is 18.7. The molecule has 3 aromatic rings. The molecule has 1 N–H and O–H groups in total. The van der Waals surface area contributed by atoms with E-state index in [1.54, 1.807) is 35.6 Å². The number of nitrogens with one attached hydrogen (secondary N) is 1. The molecule has 0 bridgehead atoms. The number of hydrogen-bond acceptors (Lipinski definition) is 4. The zero-order chi connectivity index (χ0) is 19.9. The minimum Gasteiger partial charge on any atom is -0.455 e. The Hall–Kier alpha value is -2.63. The molecule has 0 fully saturated rings. The predicted molar refractivity (Wildman–Crippen MR) is 112 cm³/mol. The number of benzene rings is 2. The minimum atomic E-state index is -0.494. The number of aryl methyl sites for hydroxylation is 1. The molecule has 1 heterocycles. The van der Waals surface area contributed by atoms with Gasteiger partial charge in [0.1, 0.15) is 0 Å². The van der Waals surface area contributed by atoms with Crippen LogP contribution in [0.25, 0.3) is 0 Å². The molecule has 0 spiro atoms. The van der Waals surface area contributed by atoms with E-state index in [1.165, 1.54) is 0 Å². The van der Waals surface area contributed by atoms with E-state index in [4.69, 9.17) is 16.3 Å². The monoisotopic (exact) mass is 413 g/mol. The van der Waals surface area contributed by atoms with Gasteiger partial charge in [-0.25, -0.2) is 0 Å². The van der Waals surface area contributed by atoms with Crippen molar-refractivity contribution in [3.8, 4) is 0 Å². The summed E-state index contributed by atoms with van der Waals surface area (Å²) in [6.45, 7) is 1.68. The molecule has 0 radical (unpaired) electrons. The van der Waals surface area contributed by atoms with E-state index in [0.29, 0.717) is 10.6 Å². The van der Waals surface area contributed by atoms with E-state index in [-0.39, 0.29) is 25.0 Å². The first kappa shape index (κ1) is 20.1. The summed E-state index contributed by atoms with van der Waals surface area (Å²) >= 11 is 7.61. The summed E-state index contributed by atoms with van der Waals surface area (Å²) < 4.78 is 5.13. The van der Waals surface area contributed by atoms with Crippen molar-refractivity contribution in [3.05, 3.63) is 92.6 Å². The van der Waals surface area contributed by atoms with Crippen molar-refractivity contribution in [2.75, 3.05) is 6.61 Å².